The standard InChI is InChI=1S/C24H29ClFN5O3/c1-12(2)34-21-16(13(3)23-30-14(4)20-22(27)28-6-7-31(20)23)9-17(25)19(26)18(21)24(32)29-10-15-5-8-33-11-15/h6-7,9,12-13,15H,5,8,10-11H2,1-4H3,(H2,27,28)(H,29,32)/t13-,15+/m0/s1. The second-order valence-electron chi connectivity index (χ2n) is 8.88. The van der Waals surface area contributed by atoms with Gasteiger partial charge in [-0.25, -0.2) is 14.4 Å². The van der Waals surface area contributed by atoms with Gasteiger partial charge in [0.15, 0.2) is 5.82 Å². The fourth-order valence-electron chi connectivity index (χ4n) is 4.30. The molecule has 0 bridgehead atoms. The SMILES string of the molecule is Cc1nc([C@@H](C)c2cc(Cl)c(F)c(C(=O)NC[C@H]3CCOC3)c2OC(C)C)n2ccnc(N)c12. The van der Waals surface area contributed by atoms with Crippen LogP contribution in [0.2, 0.25) is 5.02 Å². The van der Waals surface area contributed by atoms with Gasteiger partial charge in [-0.3, -0.25) is 9.20 Å². The fraction of sp³-hybridized carbons (Fsp3) is 0.458. The van der Waals surface area contributed by atoms with Crippen LogP contribution in [0.1, 0.15) is 60.5 Å². The van der Waals surface area contributed by atoms with Crippen LogP contribution in [0.3, 0.4) is 0 Å². The first-order chi connectivity index (χ1) is 16.2. The van der Waals surface area contributed by atoms with Crippen molar-refractivity contribution in [3.63, 3.8) is 0 Å². The first kappa shape index (κ1) is 24.2. The Labute approximate surface area is 202 Å². The zero-order valence-electron chi connectivity index (χ0n) is 19.7. The molecule has 0 spiro atoms. The van der Waals surface area contributed by atoms with E-state index in [1.54, 1.807) is 12.4 Å². The van der Waals surface area contributed by atoms with E-state index in [0.29, 0.717) is 48.2 Å². The fourth-order valence-corrected chi connectivity index (χ4v) is 4.51. The highest BCUT2D eigenvalue weighted by molar-refractivity contribution is 6.31. The lowest BCUT2D eigenvalue weighted by Gasteiger charge is -2.23. The number of carbonyl (C=O) groups excluding carboxylic acids is 1. The molecule has 10 heteroatoms. The number of nitrogens with two attached hydrogens (primary N) is 1. The average molecular weight is 490 g/mol. The van der Waals surface area contributed by atoms with E-state index in [1.807, 2.05) is 32.1 Å². The van der Waals surface area contributed by atoms with Crippen LogP contribution in [-0.4, -0.2) is 46.1 Å². The summed E-state index contributed by atoms with van der Waals surface area (Å²) in [7, 11) is 0. The van der Waals surface area contributed by atoms with E-state index >= 15 is 4.39 Å². The number of amides is 1. The summed E-state index contributed by atoms with van der Waals surface area (Å²) in [5.41, 5.74) is 7.82. The Bertz CT molecular complexity index is 1220. The Kier molecular flexibility index (Phi) is 6.95. The number of carbonyl (C=O) groups is 1. The van der Waals surface area contributed by atoms with Crippen molar-refractivity contribution >= 4 is 28.8 Å². The number of hydrogen-bond acceptors (Lipinski definition) is 6. The molecule has 3 aromatic rings. The molecule has 4 rings (SSSR count). The first-order valence-corrected chi connectivity index (χ1v) is 11.7. The summed E-state index contributed by atoms with van der Waals surface area (Å²) in [6.07, 6.45) is 3.90. The zero-order valence-corrected chi connectivity index (χ0v) is 20.4. The van der Waals surface area contributed by atoms with Gasteiger partial charge in [0.2, 0.25) is 0 Å². The maximum atomic E-state index is 15.3. The van der Waals surface area contributed by atoms with Gasteiger partial charge in [0.05, 0.1) is 23.4 Å². The first-order valence-electron chi connectivity index (χ1n) is 11.3. The Morgan fingerprint density at radius 3 is 2.88 bits per heavy atom. The van der Waals surface area contributed by atoms with Gasteiger partial charge in [-0.05, 0) is 33.3 Å². The molecular weight excluding hydrogens is 461 g/mol. The van der Waals surface area contributed by atoms with Crippen molar-refractivity contribution in [2.75, 3.05) is 25.5 Å². The Balaban J connectivity index is 1.81. The van der Waals surface area contributed by atoms with Gasteiger partial charge in [0.1, 0.15) is 28.5 Å². The summed E-state index contributed by atoms with van der Waals surface area (Å²) < 4.78 is 28.5. The van der Waals surface area contributed by atoms with Crippen LogP contribution in [-0.2, 0) is 4.74 Å². The lowest BCUT2D eigenvalue weighted by molar-refractivity contribution is 0.0934. The van der Waals surface area contributed by atoms with Crippen LogP contribution in [0.5, 0.6) is 5.75 Å². The molecule has 2 atom stereocenters. The van der Waals surface area contributed by atoms with Crippen LogP contribution < -0.4 is 15.8 Å². The number of nitrogens with one attached hydrogen (secondary N) is 1. The minimum Gasteiger partial charge on any atom is -0.490 e. The van der Waals surface area contributed by atoms with Gasteiger partial charge in [-0.15, -0.1) is 0 Å². The van der Waals surface area contributed by atoms with Crippen LogP contribution in [0.25, 0.3) is 5.52 Å². The molecule has 34 heavy (non-hydrogen) atoms. The molecule has 0 saturated carbocycles. The monoisotopic (exact) mass is 489 g/mol. The summed E-state index contributed by atoms with van der Waals surface area (Å²) in [6, 6.07) is 1.50. The number of fused-ring (bicyclic) bond motifs is 1. The average Bonchev–Trinajstić information content (AvgIpc) is 3.42. The van der Waals surface area contributed by atoms with E-state index < -0.39 is 17.6 Å². The van der Waals surface area contributed by atoms with Crippen molar-refractivity contribution in [1.82, 2.24) is 19.7 Å². The third-order valence-corrected chi connectivity index (χ3v) is 6.27. The predicted octanol–water partition coefficient (Wildman–Crippen LogP) is 4.12. The molecular formula is C24H29ClFN5O3. The van der Waals surface area contributed by atoms with Crippen LogP contribution in [0, 0.1) is 18.7 Å². The number of ether oxygens (including phenoxy) is 2. The molecule has 0 radical (unpaired) electrons. The quantitative estimate of drug-likeness (QED) is 0.517. The molecule has 1 aliphatic heterocycles. The topological polar surface area (TPSA) is 104 Å². The zero-order chi connectivity index (χ0) is 24.6. The summed E-state index contributed by atoms with van der Waals surface area (Å²) >= 11 is 6.29. The van der Waals surface area contributed by atoms with Crippen LogP contribution >= 0.6 is 11.6 Å². The number of benzene rings is 1. The normalized spacial score (nSPS) is 16.9. The number of nitrogen functional groups attached to an aromatic ring is 1. The van der Waals surface area contributed by atoms with E-state index in [2.05, 4.69) is 10.3 Å². The minimum absolute atomic E-state index is 0.154. The van der Waals surface area contributed by atoms with Crippen molar-refractivity contribution in [3.05, 3.63) is 51.9 Å². The largest absolute Gasteiger partial charge is 0.490 e. The molecule has 1 amide bonds. The van der Waals surface area contributed by atoms with Gasteiger partial charge in [-0.1, -0.05) is 18.5 Å². The van der Waals surface area contributed by atoms with Crippen molar-refractivity contribution in [1.29, 1.82) is 0 Å². The maximum Gasteiger partial charge on any atom is 0.258 e. The second kappa shape index (κ2) is 9.76. The highest BCUT2D eigenvalue weighted by Crippen LogP contribution is 2.40. The summed E-state index contributed by atoms with van der Waals surface area (Å²) in [5.74, 6) is -0.437. The van der Waals surface area contributed by atoms with E-state index in [-0.39, 0.29) is 28.4 Å². The lowest BCUT2D eigenvalue weighted by Crippen LogP contribution is -2.31. The smallest absolute Gasteiger partial charge is 0.258 e. The number of halogens is 2. The molecule has 8 nitrogen and oxygen atoms in total. The molecule has 1 aromatic carbocycles. The van der Waals surface area contributed by atoms with Gasteiger partial charge in [0.25, 0.3) is 5.91 Å². The third kappa shape index (κ3) is 4.54. The maximum absolute atomic E-state index is 15.3. The van der Waals surface area contributed by atoms with Gasteiger partial charge in [-0.2, -0.15) is 0 Å². The molecule has 1 fully saturated rings. The third-order valence-electron chi connectivity index (χ3n) is 6.00. The van der Waals surface area contributed by atoms with Gasteiger partial charge < -0.3 is 20.5 Å². The summed E-state index contributed by atoms with van der Waals surface area (Å²) in [6.45, 7) is 9.00. The van der Waals surface area contributed by atoms with Crippen LogP contribution in [0.4, 0.5) is 10.2 Å². The van der Waals surface area contributed by atoms with E-state index in [0.717, 1.165) is 6.42 Å². The molecule has 0 aliphatic carbocycles. The van der Waals surface area contributed by atoms with E-state index in [9.17, 15) is 4.79 Å². The second-order valence-corrected chi connectivity index (χ2v) is 9.29. The number of nitrogens with zero attached hydrogens (tertiary/aromatic N) is 3. The number of anilines is 1. The van der Waals surface area contributed by atoms with Crippen LogP contribution in [0.15, 0.2) is 18.5 Å². The van der Waals surface area contributed by atoms with Crippen molar-refractivity contribution in [2.24, 2.45) is 5.92 Å². The summed E-state index contributed by atoms with van der Waals surface area (Å²) in [5, 5.41) is 2.67. The lowest BCUT2D eigenvalue weighted by atomic mass is 9.95. The van der Waals surface area contributed by atoms with Crippen molar-refractivity contribution < 1.29 is 18.7 Å². The summed E-state index contributed by atoms with van der Waals surface area (Å²) in [4.78, 5) is 22.0. The highest BCUT2D eigenvalue weighted by atomic mass is 35.5. The highest BCUT2D eigenvalue weighted by Gasteiger charge is 2.30. The number of imidazole rings is 1. The predicted molar refractivity (Wildman–Crippen MR) is 128 cm³/mol. The van der Waals surface area contributed by atoms with E-state index in [4.69, 9.17) is 31.8 Å². The molecule has 1 aliphatic rings. The molecule has 3 heterocycles. The molecule has 182 valence electrons. The molecule has 1 saturated heterocycles. The molecule has 3 N–H and O–H groups in total. The van der Waals surface area contributed by atoms with Gasteiger partial charge >= 0.3 is 0 Å². The number of hydrogen-bond donors (Lipinski definition) is 2. The number of rotatable bonds is 7. The Hall–Kier alpha value is -2.91. The molecule has 0 unspecified atom stereocenters. The van der Waals surface area contributed by atoms with Crippen molar-refractivity contribution in [3.8, 4) is 5.75 Å². The molecule has 2 aromatic heterocycles. The van der Waals surface area contributed by atoms with E-state index in [1.165, 1.54) is 6.07 Å². The number of aryl methyl sites for hydroxylation is 1. The number of aromatic nitrogens is 3. The minimum atomic E-state index is -0.814. The Morgan fingerprint density at radius 1 is 1.44 bits per heavy atom. The Morgan fingerprint density at radius 2 is 2.21 bits per heavy atom. The van der Waals surface area contributed by atoms with Gasteiger partial charge in [0, 0.05) is 42.9 Å². The van der Waals surface area contributed by atoms with Crippen molar-refractivity contribution in [2.45, 2.75) is 46.1 Å².